The summed E-state index contributed by atoms with van der Waals surface area (Å²) in [5, 5.41) is 14.0. The van der Waals surface area contributed by atoms with E-state index in [4.69, 9.17) is 10.00 Å². The molecule has 0 fully saturated rings. The summed E-state index contributed by atoms with van der Waals surface area (Å²) in [6.45, 7) is 5.41. The molecule has 1 aromatic carbocycles. The van der Waals surface area contributed by atoms with Crippen LogP contribution in [-0.2, 0) is 16.1 Å². The molecular weight excluding hydrogens is 322 g/mol. The zero-order valence-corrected chi connectivity index (χ0v) is 13.1. The van der Waals surface area contributed by atoms with E-state index in [1.54, 1.807) is 0 Å². The number of esters is 1. The number of hydrogen-bond donors (Lipinski definition) is 0. The van der Waals surface area contributed by atoms with Crippen LogP contribution >= 0.6 is 15.9 Å². The van der Waals surface area contributed by atoms with Gasteiger partial charge in [-0.1, -0.05) is 15.9 Å². The second kappa shape index (κ2) is 5.25. The molecule has 0 bridgehead atoms. The lowest BCUT2D eigenvalue weighted by molar-refractivity contribution is -0.155. The Morgan fingerprint density at radius 2 is 2.20 bits per heavy atom. The number of nitrogens with zero attached hydrogens (tertiary/aromatic N) is 3. The minimum Gasteiger partial charge on any atom is -0.459 e. The van der Waals surface area contributed by atoms with Crippen LogP contribution in [0.4, 0.5) is 0 Å². The van der Waals surface area contributed by atoms with Gasteiger partial charge in [-0.05, 0) is 39.0 Å². The second-order valence-corrected chi connectivity index (χ2v) is 6.28. The van der Waals surface area contributed by atoms with Gasteiger partial charge in [0.15, 0.2) is 5.69 Å². The first-order valence-electron chi connectivity index (χ1n) is 6.08. The van der Waals surface area contributed by atoms with Gasteiger partial charge in [0.25, 0.3) is 0 Å². The van der Waals surface area contributed by atoms with Crippen LogP contribution in [0.2, 0.25) is 0 Å². The molecule has 5 nitrogen and oxygen atoms in total. The van der Waals surface area contributed by atoms with Crippen LogP contribution in [0.1, 0.15) is 26.5 Å². The molecule has 0 saturated carbocycles. The highest BCUT2D eigenvalue weighted by Gasteiger charge is 2.19. The molecule has 0 atom stereocenters. The first-order chi connectivity index (χ1) is 9.30. The van der Waals surface area contributed by atoms with E-state index in [9.17, 15) is 4.79 Å². The van der Waals surface area contributed by atoms with Gasteiger partial charge in [-0.15, -0.1) is 0 Å². The largest absolute Gasteiger partial charge is 0.459 e. The van der Waals surface area contributed by atoms with Crippen molar-refractivity contribution in [3.8, 4) is 6.07 Å². The average Bonchev–Trinajstić information content (AvgIpc) is 2.64. The maximum Gasteiger partial charge on any atom is 0.328 e. The van der Waals surface area contributed by atoms with E-state index in [1.807, 2.05) is 45.0 Å². The lowest BCUT2D eigenvalue weighted by atomic mass is 10.2. The van der Waals surface area contributed by atoms with Gasteiger partial charge < -0.3 is 4.74 Å². The number of benzene rings is 1. The molecule has 0 radical (unpaired) electrons. The summed E-state index contributed by atoms with van der Waals surface area (Å²) < 4.78 is 7.62. The average molecular weight is 336 g/mol. The maximum absolute atomic E-state index is 11.9. The number of nitriles is 1. The van der Waals surface area contributed by atoms with Gasteiger partial charge in [0.05, 0.1) is 5.52 Å². The molecule has 0 amide bonds. The topological polar surface area (TPSA) is 67.9 Å². The Morgan fingerprint density at radius 1 is 1.50 bits per heavy atom. The molecule has 0 aliphatic heterocycles. The zero-order chi connectivity index (χ0) is 14.9. The van der Waals surface area contributed by atoms with Crippen molar-refractivity contribution in [2.75, 3.05) is 0 Å². The Bertz CT molecular complexity index is 708. The molecule has 20 heavy (non-hydrogen) atoms. The lowest BCUT2D eigenvalue weighted by Gasteiger charge is -2.19. The minimum atomic E-state index is -0.541. The highest BCUT2D eigenvalue weighted by molar-refractivity contribution is 9.10. The molecule has 1 aromatic heterocycles. The van der Waals surface area contributed by atoms with Crippen molar-refractivity contribution in [3.63, 3.8) is 0 Å². The molecule has 0 saturated heterocycles. The van der Waals surface area contributed by atoms with Crippen LogP contribution in [0.15, 0.2) is 22.7 Å². The normalized spacial score (nSPS) is 11.3. The number of rotatable bonds is 2. The third-order valence-corrected chi connectivity index (χ3v) is 3.01. The van der Waals surface area contributed by atoms with E-state index in [1.165, 1.54) is 4.68 Å². The van der Waals surface area contributed by atoms with Crippen LogP contribution in [-0.4, -0.2) is 21.4 Å². The van der Waals surface area contributed by atoms with Crippen LogP contribution in [0, 0.1) is 11.3 Å². The third-order valence-electron chi connectivity index (χ3n) is 2.52. The number of aromatic nitrogens is 2. The van der Waals surface area contributed by atoms with Crippen molar-refractivity contribution in [2.45, 2.75) is 32.9 Å². The first-order valence-corrected chi connectivity index (χ1v) is 6.87. The Kier molecular flexibility index (Phi) is 3.82. The van der Waals surface area contributed by atoms with Crippen LogP contribution in [0.5, 0.6) is 0 Å². The van der Waals surface area contributed by atoms with Crippen LogP contribution in [0.25, 0.3) is 10.9 Å². The predicted molar refractivity (Wildman–Crippen MR) is 78.0 cm³/mol. The van der Waals surface area contributed by atoms with E-state index >= 15 is 0 Å². The number of carbonyl (C=O) groups is 1. The Hall–Kier alpha value is -1.87. The molecule has 0 spiro atoms. The molecule has 0 aliphatic rings. The fourth-order valence-corrected chi connectivity index (χ4v) is 2.21. The summed E-state index contributed by atoms with van der Waals surface area (Å²) in [6, 6.07) is 7.51. The fraction of sp³-hybridized carbons (Fsp3) is 0.357. The van der Waals surface area contributed by atoms with Crippen molar-refractivity contribution in [1.29, 1.82) is 5.26 Å². The lowest BCUT2D eigenvalue weighted by Crippen LogP contribution is -2.26. The van der Waals surface area contributed by atoms with E-state index in [0.29, 0.717) is 11.1 Å². The summed E-state index contributed by atoms with van der Waals surface area (Å²) in [6.07, 6.45) is 0. The SMILES string of the molecule is CC(C)(C)OC(=O)Cn1nc(C#N)c2cc(Br)ccc21. The van der Waals surface area contributed by atoms with E-state index in [0.717, 1.165) is 9.99 Å². The van der Waals surface area contributed by atoms with Gasteiger partial charge in [-0.3, -0.25) is 9.48 Å². The Morgan fingerprint density at radius 3 is 2.80 bits per heavy atom. The van der Waals surface area contributed by atoms with Crippen LogP contribution < -0.4 is 0 Å². The fourth-order valence-electron chi connectivity index (χ4n) is 1.85. The third kappa shape index (κ3) is 3.17. The highest BCUT2D eigenvalue weighted by Crippen LogP contribution is 2.23. The summed E-state index contributed by atoms with van der Waals surface area (Å²) in [7, 11) is 0. The summed E-state index contributed by atoms with van der Waals surface area (Å²) in [4.78, 5) is 11.9. The van der Waals surface area contributed by atoms with Crippen molar-refractivity contribution >= 4 is 32.8 Å². The van der Waals surface area contributed by atoms with Crippen molar-refractivity contribution < 1.29 is 9.53 Å². The summed E-state index contributed by atoms with van der Waals surface area (Å²) in [5.74, 6) is -0.380. The molecule has 104 valence electrons. The monoisotopic (exact) mass is 335 g/mol. The Labute approximate surface area is 125 Å². The summed E-state index contributed by atoms with van der Waals surface area (Å²) in [5.41, 5.74) is 0.488. The zero-order valence-electron chi connectivity index (χ0n) is 11.5. The number of fused-ring (bicyclic) bond motifs is 1. The van der Waals surface area contributed by atoms with E-state index in [2.05, 4.69) is 21.0 Å². The molecule has 6 heteroatoms. The molecule has 1 heterocycles. The maximum atomic E-state index is 11.9. The number of halogens is 1. The molecule has 0 unspecified atom stereocenters. The standard InChI is InChI=1S/C14H14BrN3O2/c1-14(2,3)20-13(19)8-18-12-5-4-9(15)6-10(12)11(7-16)17-18/h4-6H,8H2,1-3H3. The molecule has 2 rings (SSSR count). The molecule has 0 aliphatic carbocycles. The number of carbonyl (C=O) groups excluding carboxylic acids is 1. The van der Waals surface area contributed by atoms with Gasteiger partial charge in [0.2, 0.25) is 0 Å². The first kappa shape index (κ1) is 14.5. The minimum absolute atomic E-state index is 0.0168. The smallest absolute Gasteiger partial charge is 0.328 e. The van der Waals surface area contributed by atoms with Gasteiger partial charge >= 0.3 is 5.97 Å². The second-order valence-electron chi connectivity index (χ2n) is 5.37. The van der Waals surface area contributed by atoms with Crippen molar-refractivity contribution in [2.24, 2.45) is 0 Å². The molecule has 2 aromatic rings. The van der Waals surface area contributed by atoms with E-state index in [-0.39, 0.29) is 12.5 Å². The molecular formula is C14H14BrN3O2. The Balaban J connectivity index is 2.36. The van der Waals surface area contributed by atoms with Gasteiger partial charge in [0, 0.05) is 9.86 Å². The number of hydrogen-bond acceptors (Lipinski definition) is 4. The highest BCUT2D eigenvalue weighted by atomic mass is 79.9. The predicted octanol–water partition coefficient (Wildman–Crippen LogP) is 3.01. The number of ether oxygens (including phenoxy) is 1. The quantitative estimate of drug-likeness (QED) is 0.791. The summed E-state index contributed by atoms with van der Waals surface area (Å²) >= 11 is 3.36. The van der Waals surface area contributed by atoms with Gasteiger partial charge in [-0.2, -0.15) is 10.4 Å². The van der Waals surface area contributed by atoms with Crippen molar-refractivity contribution in [1.82, 2.24) is 9.78 Å². The van der Waals surface area contributed by atoms with Gasteiger partial charge in [0.1, 0.15) is 18.2 Å². The van der Waals surface area contributed by atoms with Gasteiger partial charge in [-0.25, -0.2) is 0 Å². The molecule has 0 N–H and O–H groups in total. The van der Waals surface area contributed by atoms with Crippen molar-refractivity contribution in [3.05, 3.63) is 28.4 Å². The van der Waals surface area contributed by atoms with Crippen LogP contribution in [0.3, 0.4) is 0 Å². The van der Waals surface area contributed by atoms with E-state index < -0.39 is 5.60 Å².